The molecule has 0 aliphatic carbocycles. The van der Waals surface area contributed by atoms with Crippen LogP contribution in [0.1, 0.15) is 44.1 Å². The molecule has 1 saturated heterocycles. The maximum Gasteiger partial charge on any atom is 0.184 e. The van der Waals surface area contributed by atoms with Gasteiger partial charge in [0.1, 0.15) is 0 Å². The third-order valence-electron chi connectivity index (χ3n) is 3.17. The van der Waals surface area contributed by atoms with Gasteiger partial charge in [-0.1, -0.05) is 43.8 Å². The molecule has 1 aromatic carbocycles. The average Bonchev–Trinajstić information content (AvgIpc) is 2.38. The predicted molar refractivity (Wildman–Crippen MR) is 69.6 cm³/mol. The second-order valence-corrected chi connectivity index (χ2v) is 4.55. The molecule has 17 heavy (non-hydrogen) atoms. The van der Waals surface area contributed by atoms with Gasteiger partial charge in [0.05, 0.1) is 12.2 Å². The molecule has 1 aliphatic rings. The molecule has 0 bridgehead atoms. The first-order chi connectivity index (χ1) is 8.22. The Morgan fingerprint density at radius 1 is 1.29 bits per heavy atom. The van der Waals surface area contributed by atoms with Crippen molar-refractivity contribution in [1.29, 1.82) is 0 Å². The minimum absolute atomic E-state index is 0.220. The van der Waals surface area contributed by atoms with E-state index in [-0.39, 0.29) is 12.4 Å². The van der Waals surface area contributed by atoms with Gasteiger partial charge in [0, 0.05) is 5.56 Å². The average molecular weight is 232 g/mol. The van der Waals surface area contributed by atoms with Crippen LogP contribution in [0.25, 0.3) is 6.08 Å². The third kappa shape index (κ3) is 2.96. The Morgan fingerprint density at radius 2 is 2.00 bits per heavy atom. The molecule has 0 aromatic heterocycles. The highest BCUT2D eigenvalue weighted by molar-refractivity contribution is 5.47. The van der Waals surface area contributed by atoms with Gasteiger partial charge in [-0.25, -0.2) is 0 Å². The van der Waals surface area contributed by atoms with E-state index in [1.54, 1.807) is 0 Å². The SMILES string of the molecule is C=Cc1ccc(C2OC(C)CC(CC)O2)cc1. The fraction of sp³-hybridized carbons (Fsp3) is 0.467. The Morgan fingerprint density at radius 3 is 2.59 bits per heavy atom. The molecule has 2 rings (SSSR count). The Hall–Kier alpha value is -1.12. The van der Waals surface area contributed by atoms with Crippen molar-refractivity contribution in [1.82, 2.24) is 0 Å². The lowest BCUT2D eigenvalue weighted by Gasteiger charge is -2.34. The molecular weight excluding hydrogens is 212 g/mol. The van der Waals surface area contributed by atoms with E-state index in [0.717, 1.165) is 24.0 Å². The molecule has 0 spiro atoms. The van der Waals surface area contributed by atoms with Crippen molar-refractivity contribution in [2.75, 3.05) is 0 Å². The summed E-state index contributed by atoms with van der Waals surface area (Å²) >= 11 is 0. The molecule has 1 aromatic rings. The van der Waals surface area contributed by atoms with Crippen molar-refractivity contribution in [3.8, 4) is 0 Å². The minimum atomic E-state index is -0.220. The molecule has 3 atom stereocenters. The van der Waals surface area contributed by atoms with Crippen molar-refractivity contribution >= 4 is 6.08 Å². The van der Waals surface area contributed by atoms with E-state index in [2.05, 4.69) is 20.4 Å². The van der Waals surface area contributed by atoms with E-state index in [4.69, 9.17) is 9.47 Å². The first kappa shape index (κ1) is 12.3. The molecule has 2 nitrogen and oxygen atoms in total. The number of rotatable bonds is 3. The summed E-state index contributed by atoms with van der Waals surface area (Å²) in [4.78, 5) is 0. The van der Waals surface area contributed by atoms with Crippen LogP contribution in [0, 0.1) is 0 Å². The highest BCUT2D eigenvalue weighted by Gasteiger charge is 2.27. The largest absolute Gasteiger partial charge is 0.345 e. The summed E-state index contributed by atoms with van der Waals surface area (Å²) in [6.07, 6.45) is 4.21. The van der Waals surface area contributed by atoms with Crippen LogP contribution < -0.4 is 0 Å². The Kier molecular flexibility index (Phi) is 3.97. The zero-order valence-electron chi connectivity index (χ0n) is 10.6. The highest BCUT2D eigenvalue weighted by atomic mass is 16.7. The van der Waals surface area contributed by atoms with Crippen molar-refractivity contribution in [3.63, 3.8) is 0 Å². The van der Waals surface area contributed by atoms with Gasteiger partial charge < -0.3 is 9.47 Å². The van der Waals surface area contributed by atoms with E-state index in [0.29, 0.717) is 6.10 Å². The molecule has 0 amide bonds. The zero-order chi connectivity index (χ0) is 12.3. The minimum Gasteiger partial charge on any atom is -0.345 e. The number of ether oxygens (including phenoxy) is 2. The van der Waals surface area contributed by atoms with E-state index in [1.165, 1.54) is 0 Å². The summed E-state index contributed by atoms with van der Waals surface area (Å²) in [7, 11) is 0. The molecule has 1 heterocycles. The van der Waals surface area contributed by atoms with Crippen LogP contribution in [0.3, 0.4) is 0 Å². The molecule has 1 aliphatic heterocycles. The monoisotopic (exact) mass is 232 g/mol. The van der Waals surface area contributed by atoms with Gasteiger partial charge in [-0.15, -0.1) is 0 Å². The van der Waals surface area contributed by atoms with Crippen LogP contribution in [-0.4, -0.2) is 12.2 Å². The van der Waals surface area contributed by atoms with Gasteiger partial charge in [-0.05, 0) is 25.3 Å². The first-order valence-electron chi connectivity index (χ1n) is 6.26. The lowest BCUT2D eigenvalue weighted by atomic mass is 10.1. The van der Waals surface area contributed by atoms with Gasteiger partial charge in [-0.2, -0.15) is 0 Å². The second-order valence-electron chi connectivity index (χ2n) is 4.55. The van der Waals surface area contributed by atoms with Gasteiger partial charge >= 0.3 is 0 Å². The van der Waals surface area contributed by atoms with E-state index in [9.17, 15) is 0 Å². The molecular formula is C15H20O2. The summed E-state index contributed by atoms with van der Waals surface area (Å²) < 4.78 is 11.7. The molecule has 1 fully saturated rings. The van der Waals surface area contributed by atoms with Crippen LogP contribution in [-0.2, 0) is 9.47 Å². The standard InChI is InChI=1S/C15H20O2/c1-4-12-6-8-13(9-7-12)15-16-11(3)10-14(5-2)17-15/h4,6-9,11,14-15H,1,5,10H2,2-3H3. The Bertz CT molecular complexity index is 369. The number of hydrogen-bond donors (Lipinski definition) is 0. The van der Waals surface area contributed by atoms with Gasteiger partial charge in [0.2, 0.25) is 0 Å². The van der Waals surface area contributed by atoms with Crippen LogP contribution >= 0.6 is 0 Å². The van der Waals surface area contributed by atoms with Crippen molar-refractivity contribution in [2.24, 2.45) is 0 Å². The molecule has 0 saturated carbocycles. The summed E-state index contributed by atoms with van der Waals surface area (Å²) in [5.41, 5.74) is 2.20. The molecule has 2 heteroatoms. The van der Waals surface area contributed by atoms with E-state index in [1.807, 2.05) is 30.3 Å². The van der Waals surface area contributed by atoms with Crippen LogP contribution in [0.15, 0.2) is 30.8 Å². The summed E-state index contributed by atoms with van der Waals surface area (Å²) in [6, 6.07) is 8.17. The van der Waals surface area contributed by atoms with Crippen LogP contribution in [0.4, 0.5) is 0 Å². The third-order valence-corrected chi connectivity index (χ3v) is 3.17. The topological polar surface area (TPSA) is 18.5 Å². The molecule has 3 unspecified atom stereocenters. The van der Waals surface area contributed by atoms with Crippen LogP contribution in [0.2, 0.25) is 0 Å². The molecule has 0 radical (unpaired) electrons. The number of hydrogen-bond acceptors (Lipinski definition) is 2. The second kappa shape index (κ2) is 5.48. The summed E-state index contributed by atoms with van der Waals surface area (Å²) in [6.45, 7) is 8.01. The van der Waals surface area contributed by atoms with Crippen molar-refractivity contribution in [3.05, 3.63) is 42.0 Å². The molecule has 0 N–H and O–H groups in total. The van der Waals surface area contributed by atoms with E-state index >= 15 is 0 Å². The van der Waals surface area contributed by atoms with Crippen LogP contribution in [0.5, 0.6) is 0 Å². The van der Waals surface area contributed by atoms with E-state index < -0.39 is 0 Å². The summed E-state index contributed by atoms with van der Waals surface area (Å²) in [5, 5.41) is 0. The lowest BCUT2D eigenvalue weighted by Crippen LogP contribution is -2.31. The predicted octanol–water partition coefficient (Wildman–Crippen LogP) is 3.93. The van der Waals surface area contributed by atoms with Gasteiger partial charge in [0.15, 0.2) is 6.29 Å². The van der Waals surface area contributed by atoms with Crippen molar-refractivity contribution in [2.45, 2.75) is 45.2 Å². The fourth-order valence-corrected chi connectivity index (χ4v) is 2.11. The first-order valence-corrected chi connectivity index (χ1v) is 6.26. The number of benzene rings is 1. The summed E-state index contributed by atoms with van der Waals surface area (Å²) in [5.74, 6) is 0. The Labute approximate surface area is 103 Å². The van der Waals surface area contributed by atoms with Crippen molar-refractivity contribution < 1.29 is 9.47 Å². The normalized spacial score (nSPS) is 28.9. The lowest BCUT2D eigenvalue weighted by molar-refractivity contribution is -0.243. The maximum atomic E-state index is 5.92. The highest BCUT2D eigenvalue weighted by Crippen LogP contribution is 2.30. The molecule has 92 valence electrons. The fourth-order valence-electron chi connectivity index (χ4n) is 2.11. The Balaban J connectivity index is 2.11. The smallest absolute Gasteiger partial charge is 0.184 e. The quantitative estimate of drug-likeness (QED) is 0.786. The van der Waals surface area contributed by atoms with Gasteiger partial charge in [-0.3, -0.25) is 0 Å². The maximum absolute atomic E-state index is 5.92. The zero-order valence-corrected chi connectivity index (χ0v) is 10.6. The van der Waals surface area contributed by atoms with Gasteiger partial charge in [0.25, 0.3) is 0 Å².